The van der Waals surface area contributed by atoms with Crippen LogP contribution in [0.3, 0.4) is 0 Å². The van der Waals surface area contributed by atoms with Crippen molar-refractivity contribution in [2.75, 3.05) is 13.7 Å². The van der Waals surface area contributed by atoms with Crippen LogP contribution in [0.15, 0.2) is 24.3 Å². The number of hydrogen-bond donors (Lipinski definition) is 1. The molecule has 0 aliphatic heterocycles. The van der Waals surface area contributed by atoms with Crippen molar-refractivity contribution in [3.05, 3.63) is 40.3 Å². The number of benzene rings is 1. The van der Waals surface area contributed by atoms with E-state index in [2.05, 4.69) is 17.4 Å². The maximum Gasteiger partial charge on any atom is 0.348 e. The van der Waals surface area contributed by atoms with Crippen LogP contribution < -0.4 is 10.1 Å². The van der Waals surface area contributed by atoms with Crippen LogP contribution in [0.4, 0.5) is 0 Å². The monoisotopic (exact) mass is 413 g/mol. The first-order valence-corrected chi connectivity index (χ1v) is 11.2. The van der Waals surface area contributed by atoms with Gasteiger partial charge in [0.1, 0.15) is 10.6 Å². The van der Waals surface area contributed by atoms with Crippen molar-refractivity contribution in [1.29, 1.82) is 0 Å². The molecule has 154 valence electrons. The number of methoxy groups -OCH3 is 1. The maximum absolute atomic E-state index is 12.5. The number of carbonyl (C=O) groups excluding carboxylic acids is 2. The van der Waals surface area contributed by atoms with Gasteiger partial charge >= 0.3 is 5.97 Å². The summed E-state index contributed by atoms with van der Waals surface area (Å²) in [7, 11) is 1.67. The number of fused-ring (bicyclic) bond motifs is 3. The number of nitrogens with one attached hydrogen (secondary N) is 1. The smallest absolute Gasteiger partial charge is 0.348 e. The Morgan fingerprint density at radius 2 is 1.83 bits per heavy atom. The molecule has 1 N–H and O–H groups in total. The van der Waals surface area contributed by atoms with Crippen molar-refractivity contribution in [1.82, 2.24) is 5.32 Å². The molecule has 1 aromatic heterocycles. The largest absolute Gasteiger partial charge is 0.497 e. The first-order valence-electron chi connectivity index (χ1n) is 10.4. The number of ether oxygens (including phenoxy) is 2. The molecule has 29 heavy (non-hydrogen) atoms. The van der Waals surface area contributed by atoms with Gasteiger partial charge in [-0.1, -0.05) is 25.7 Å². The van der Waals surface area contributed by atoms with Crippen LogP contribution in [0.5, 0.6) is 5.75 Å². The second kappa shape index (κ2) is 8.99. The van der Waals surface area contributed by atoms with Gasteiger partial charge < -0.3 is 14.8 Å². The number of esters is 1. The van der Waals surface area contributed by atoms with Gasteiger partial charge in [0.25, 0.3) is 5.91 Å². The molecule has 1 heterocycles. The van der Waals surface area contributed by atoms with E-state index < -0.39 is 5.97 Å². The predicted octanol–water partition coefficient (Wildman–Crippen LogP) is 4.52. The highest BCUT2D eigenvalue weighted by Gasteiger charge is 2.23. The summed E-state index contributed by atoms with van der Waals surface area (Å²) in [6.07, 6.45) is 8.62. The molecule has 6 heteroatoms. The molecule has 1 fully saturated rings. The number of rotatable bonds is 5. The highest BCUT2D eigenvalue weighted by atomic mass is 32.1. The van der Waals surface area contributed by atoms with E-state index in [1.54, 1.807) is 7.11 Å². The molecule has 1 saturated carbocycles. The van der Waals surface area contributed by atoms with Crippen LogP contribution in [0.1, 0.15) is 59.3 Å². The summed E-state index contributed by atoms with van der Waals surface area (Å²) in [6, 6.07) is 8.19. The fraction of sp³-hybridized carbons (Fsp3) is 0.478. The standard InChI is InChI=1S/C23H27NO4S/c1-27-18-10-11-19-15(12-18)8-9-16-13-20(29-22(16)19)23(26)28-14-21(25)24-17-6-4-2-3-5-7-17/h10-13,17H,2-9,14H2,1H3,(H,24,25). The lowest BCUT2D eigenvalue weighted by molar-refractivity contribution is -0.125. The Hall–Kier alpha value is -2.34. The molecule has 1 aromatic carbocycles. The molecule has 0 bridgehead atoms. The van der Waals surface area contributed by atoms with Gasteiger partial charge in [0.05, 0.1) is 7.11 Å². The van der Waals surface area contributed by atoms with Crippen LogP contribution in [0, 0.1) is 0 Å². The summed E-state index contributed by atoms with van der Waals surface area (Å²) < 4.78 is 10.6. The summed E-state index contributed by atoms with van der Waals surface area (Å²) in [5.41, 5.74) is 3.56. The van der Waals surface area contributed by atoms with Gasteiger partial charge in [-0.05, 0) is 66.6 Å². The SMILES string of the molecule is COc1ccc2c(c1)CCc1cc(C(=O)OCC(=O)NC3CCCCCC3)sc1-2. The molecular formula is C23H27NO4S. The molecule has 4 rings (SSSR count). The van der Waals surface area contributed by atoms with Crippen molar-refractivity contribution in [3.63, 3.8) is 0 Å². The van der Waals surface area contributed by atoms with Crippen molar-refractivity contribution < 1.29 is 19.1 Å². The lowest BCUT2D eigenvalue weighted by Crippen LogP contribution is -2.37. The molecule has 2 aliphatic rings. The Bertz CT molecular complexity index is 896. The van der Waals surface area contributed by atoms with Gasteiger partial charge in [-0.15, -0.1) is 11.3 Å². The first-order chi connectivity index (χ1) is 14.1. The van der Waals surface area contributed by atoms with E-state index in [1.165, 1.54) is 35.3 Å². The summed E-state index contributed by atoms with van der Waals surface area (Å²) in [4.78, 5) is 26.4. The summed E-state index contributed by atoms with van der Waals surface area (Å²) >= 11 is 1.44. The fourth-order valence-corrected chi connectivity index (χ4v) is 5.40. The highest BCUT2D eigenvalue weighted by molar-refractivity contribution is 7.17. The van der Waals surface area contributed by atoms with E-state index in [-0.39, 0.29) is 18.6 Å². The molecule has 0 atom stereocenters. The van der Waals surface area contributed by atoms with E-state index in [4.69, 9.17) is 9.47 Å². The fourth-order valence-electron chi connectivity index (χ4n) is 4.23. The average Bonchev–Trinajstić information content (AvgIpc) is 3.02. The Balaban J connectivity index is 1.37. The number of thiophene rings is 1. The van der Waals surface area contributed by atoms with E-state index in [1.807, 2.05) is 12.1 Å². The van der Waals surface area contributed by atoms with Gasteiger partial charge in [-0.3, -0.25) is 4.79 Å². The minimum absolute atomic E-state index is 0.205. The molecular weight excluding hydrogens is 386 g/mol. The van der Waals surface area contributed by atoms with Gasteiger partial charge in [-0.25, -0.2) is 4.79 Å². The summed E-state index contributed by atoms with van der Waals surface area (Å²) in [6.45, 7) is -0.217. The minimum atomic E-state index is -0.421. The van der Waals surface area contributed by atoms with E-state index in [0.29, 0.717) is 4.88 Å². The second-order valence-electron chi connectivity index (χ2n) is 7.82. The molecule has 0 radical (unpaired) electrons. The van der Waals surface area contributed by atoms with Gasteiger partial charge in [0.2, 0.25) is 0 Å². The Labute approximate surface area is 175 Å². The lowest BCUT2D eigenvalue weighted by atomic mass is 9.91. The van der Waals surface area contributed by atoms with Crippen LogP contribution in [0.2, 0.25) is 0 Å². The summed E-state index contributed by atoms with van der Waals surface area (Å²) in [5.74, 6) is 0.225. The Morgan fingerprint density at radius 1 is 1.07 bits per heavy atom. The predicted molar refractivity (Wildman–Crippen MR) is 114 cm³/mol. The molecule has 2 aromatic rings. The molecule has 0 saturated heterocycles. The van der Waals surface area contributed by atoms with Crippen molar-refractivity contribution >= 4 is 23.2 Å². The maximum atomic E-state index is 12.5. The van der Waals surface area contributed by atoms with Crippen LogP contribution >= 0.6 is 11.3 Å². The summed E-state index contributed by atoms with van der Waals surface area (Å²) in [5, 5.41) is 3.01. The number of amides is 1. The third-order valence-corrected chi connectivity index (χ3v) is 6.98. The average molecular weight is 414 g/mol. The minimum Gasteiger partial charge on any atom is -0.497 e. The zero-order valence-electron chi connectivity index (χ0n) is 16.8. The number of carbonyl (C=O) groups is 2. The Kier molecular flexibility index (Phi) is 6.19. The van der Waals surface area contributed by atoms with E-state index in [0.717, 1.165) is 54.7 Å². The quantitative estimate of drug-likeness (QED) is 0.578. The third kappa shape index (κ3) is 4.64. The van der Waals surface area contributed by atoms with Crippen molar-refractivity contribution in [2.45, 2.75) is 57.4 Å². The highest BCUT2D eigenvalue weighted by Crippen LogP contribution is 2.41. The molecule has 1 amide bonds. The molecule has 0 spiro atoms. The van der Waals surface area contributed by atoms with Gasteiger partial charge in [0, 0.05) is 10.9 Å². The second-order valence-corrected chi connectivity index (χ2v) is 8.87. The van der Waals surface area contributed by atoms with Crippen molar-refractivity contribution in [2.24, 2.45) is 0 Å². The van der Waals surface area contributed by atoms with Crippen LogP contribution in [0.25, 0.3) is 10.4 Å². The zero-order valence-corrected chi connectivity index (χ0v) is 17.6. The van der Waals surface area contributed by atoms with E-state index in [9.17, 15) is 9.59 Å². The molecule has 0 unspecified atom stereocenters. The van der Waals surface area contributed by atoms with Crippen LogP contribution in [-0.4, -0.2) is 31.6 Å². The lowest BCUT2D eigenvalue weighted by Gasteiger charge is -2.16. The van der Waals surface area contributed by atoms with Crippen LogP contribution in [-0.2, 0) is 22.4 Å². The van der Waals surface area contributed by atoms with Gasteiger partial charge in [-0.2, -0.15) is 0 Å². The normalized spacial score (nSPS) is 16.3. The van der Waals surface area contributed by atoms with Crippen molar-refractivity contribution in [3.8, 4) is 16.2 Å². The molecule has 5 nitrogen and oxygen atoms in total. The zero-order chi connectivity index (χ0) is 20.2. The molecule has 2 aliphatic carbocycles. The topological polar surface area (TPSA) is 64.6 Å². The van der Waals surface area contributed by atoms with E-state index >= 15 is 0 Å². The number of aryl methyl sites for hydroxylation is 2. The third-order valence-electron chi connectivity index (χ3n) is 5.79. The van der Waals surface area contributed by atoms with Gasteiger partial charge in [0.15, 0.2) is 6.61 Å². The number of hydrogen-bond acceptors (Lipinski definition) is 5. The Morgan fingerprint density at radius 3 is 2.59 bits per heavy atom. The first kappa shape index (κ1) is 20.0.